The van der Waals surface area contributed by atoms with E-state index in [4.69, 9.17) is 4.74 Å². The van der Waals surface area contributed by atoms with E-state index in [-0.39, 0.29) is 37.3 Å². The molecular weight excluding hydrogens is 777 g/mol. The largest absolute Gasteiger partial charge is 0.394 e. The van der Waals surface area contributed by atoms with Crippen LogP contribution in [0.15, 0.2) is 108 Å². The topological polar surface area (TPSA) is 90.4 Å². The molecule has 280 valence electrons. The molecule has 5 aromatic rings. The Morgan fingerprint density at radius 2 is 1.67 bits per heavy atom. The number of fused-ring (bicyclic) bond motifs is 3. The Kier molecular flexibility index (Phi) is 8.65. The van der Waals surface area contributed by atoms with E-state index in [1.807, 2.05) is 110 Å². The van der Waals surface area contributed by atoms with Crippen molar-refractivity contribution in [2.45, 2.75) is 69.2 Å². The molecule has 0 radical (unpaired) electrons. The highest BCUT2D eigenvalue weighted by molar-refractivity contribution is 9.10. The summed E-state index contributed by atoms with van der Waals surface area (Å²) in [4.78, 5) is 47.9. The summed E-state index contributed by atoms with van der Waals surface area (Å²) in [5.74, 6) is -1.15. The van der Waals surface area contributed by atoms with E-state index in [0.29, 0.717) is 29.8 Å². The van der Waals surface area contributed by atoms with Gasteiger partial charge in [0.2, 0.25) is 14.3 Å². The van der Waals surface area contributed by atoms with Gasteiger partial charge in [0.05, 0.1) is 48.7 Å². The number of anilines is 3. The maximum atomic E-state index is 16.6. The van der Waals surface area contributed by atoms with Gasteiger partial charge in [0.15, 0.2) is 5.60 Å². The van der Waals surface area contributed by atoms with Gasteiger partial charge in [0, 0.05) is 39.1 Å². The molecule has 55 heavy (non-hydrogen) atoms. The van der Waals surface area contributed by atoms with Crippen molar-refractivity contribution < 1.29 is 28.3 Å². The van der Waals surface area contributed by atoms with Crippen LogP contribution in [0.5, 0.6) is 0 Å². The lowest BCUT2D eigenvalue weighted by molar-refractivity contribution is -0.151. The van der Waals surface area contributed by atoms with Gasteiger partial charge in [0.1, 0.15) is 0 Å². The van der Waals surface area contributed by atoms with Crippen molar-refractivity contribution in [3.05, 3.63) is 135 Å². The second kappa shape index (κ2) is 13.2. The first-order chi connectivity index (χ1) is 26.4. The third-order valence-corrected chi connectivity index (χ3v) is 15.2. The fourth-order valence-corrected chi connectivity index (χ4v) is 12.7. The lowest BCUT2D eigenvalue weighted by Crippen LogP contribution is -2.48. The van der Waals surface area contributed by atoms with Gasteiger partial charge in [-0.15, -0.1) is 0 Å². The van der Waals surface area contributed by atoms with E-state index in [9.17, 15) is 14.7 Å². The summed E-state index contributed by atoms with van der Waals surface area (Å²) in [6.45, 7) is 5.55. The highest BCUT2D eigenvalue weighted by Crippen LogP contribution is 2.60. The second-order valence-electron chi connectivity index (χ2n) is 15.8. The third-order valence-electron chi connectivity index (χ3n) is 12.3. The Labute approximate surface area is 328 Å². The predicted octanol–water partition coefficient (Wildman–Crippen LogP) is 8.55. The first kappa shape index (κ1) is 36.0. The summed E-state index contributed by atoms with van der Waals surface area (Å²) in [5, 5.41) is 12.3. The van der Waals surface area contributed by atoms with Crippen LogP contribution in [0.3, 0.4) is 0 Å². The van der Waals surface area contributed by atoms with Crippen LogP contribution in [0.1, 0.15) is 46.0 Å². The zero-order chi connectivity index (χ0) is 38.4. The van der Waals surface area contributed by atoms with Gasteiger partial charge in [0.25, 0.3) is 11.8 Å². The Morgan fingerprint density at radius 3 is 2.40 bits per heavy atom. The first-order valence-electron chi connectivity index (χ1n) is 18.8. The Balaban J connectivity index is 1.01. The molecule has 0 aromatic heterocycles. The molecule has 5 atom stereocenters. The quantitative estimate of drug-likeness (QED) is 0.131. The third kappa shape index (κ3) is 5.61. The van der Waals surface area contributed by atoms with Crippen molar-refractivity contribution in [1.29, 1.82) is 0 Å². The minimum absolute atomic E-state index is 0.0815. The fourth-order valence-electron chi connectivity index (χ4n) is 9.81. The average molecular weight is 819 g/mol. The standard InChI is InChI=1S/C44H41BrFN3O5Si/c1-26-41(55(2,3)46)38(22-39(51)47-24-30-9-5-4-8-29(30)20-33(47)25-50)54-44(26)35-21-31(45)16-19-36(35)48(43(44)53)23-27-14-17-32(18-15-27)49-37-13-7-11-28-10-6-12-34(40(28)37)42(49)52/h4-19,21,26,33,38,41,50H,20,22-25H2,1-3H3/t26-,33-,38+,41-,44+/m0/s1. The molecule has 0 saturated carbocycles. The maximum absolute atomic E-state index is 16.6. The SMILES string of the molecule is C[C@H]1[C@H]([Si](C)(C)F)[C@@H](CC(=O)N2Cc3ccccc3C[C@H]2CO)O[C@]12C(=O)N(Cc1ccc(N3C(=O)c4cccc5cccc3c45)cc1)c1ccc(Br)cc12. The number of carbonyl (C=O) groups is 3. The highest BCUT2D eigenvalue weighted by atomic mass is 79.9. The number of nitrogens with zero attached hydrogens (tertiary/aromatic N) is 3. The molecule has 1 N–H and O–H groups in total. The van der Waals surface area contributed by atoms with E-state index >= 15 is 8.90 Å². The molecule has 1 fully saturated rings. The minimum Gasteiger partial charge on any atom is -0.394 e. The van der Waals surface area contributed by atoms with Gasteiger partial charge < -0.3 is 23.8 Å². The van der Waals surface area contributed by atoms with E-state index in [1.165, 1.54) is 0 Å². The van der Waals surface area contributed by atoms with Gasteiger partial charge in [-0.25, -0.2) is 0 Å². The number of hydrogen-bond donors (Lipinski definition) is 1. The summed E-state index contributed by atoms with van der Waals surface area (Å²) in [7, 11) is -3.53. The van der Waals surface area contributed by atoms with E-state index in [0.717, 1.165) is 43.3 Å². The van der Waals surface area contributed by atoms with Crippen LogP contribution in [0.2, 0.25) is 18.6 Å². The Bertz CT molecular complexity index is 2400. The van der Waals surface area contributed by atoms with Gasteiger partial charge in [-0.1, -0.05) is 83.5 Å². The number of aliphatic hydroxyl groups is 1. The van der Waals surface area contributed by atoms with Crippen LogP contribution in [-0.4, -0.2) is 54.9 Å². The van der Waals surface area contributed by atoms with Gasteiger partial charge in [-0.05, 0) is 84.1 Å². The van der Waals surface area contributed by atoms with Crippen LogP contribution in [0, 0.1) is 5.92 Å². The zero-order valence-corrected chi connectivity index (χ0v) is 33.4. The monoisotopic (exact) mass is 817 g/mol. The molecule has 0 bridgehead atoms. The van der Waals surface area contributed by atoms with Crippen molar-refractivity contribution in [2.75, 3.05) is 16.4 Å². The Hall–Kier alpha value is -4.68. The number of hydrogen-bond acceptors (Lipinski definition) is 5. The van der Waals surface area contributed by atoms with Gasteiger partial charge in [-0.2, -0.15) is 0 Å². The van der Waals surface area contributed by atoms with Gasteiger partial charge in [-0.3, -0.25) is 19.3 Å². The predicted molar refractivity (Wildman–Crippen MR) is 216 cm³/mol. The van der Waals surface area contributed by atoms with Crippen molar-refractivity contribution >= 4 is 69.9 Å². The van der Waals surface area contributed by atoms with Crippen molar-refractivity contribution in [2.24, 2.45) is 5.92 Å². The molecule has 4 aliphatic heterocycles. The molecule has 0 aliphatic carbocycles. The summed E-state index contributed by atoms with van der Waals surface area (Å²) in [6, 6.07) is 32.5. The average Bonchev–Trinajstić information content (AvgIpc) is 3.72. The van der Waals surface area contributed by atoms with Crippen LogP contribution >= 0.6 is 15.9 Å². The van der Waals surface area contributed by atoms with E-state index < -0.39 is 37.6 Å². The molecule has 5 aromatic carbocycles. The van der Waals surface area contributed by atoms with Crippen LogP contribution in [0.4, 0.5) is 21.2 Å². The Morgan fingerprint density at radius 1 is 0.945 bits per heavy atom. The number of halogens is 2. The van der Waals surface area contributed by atoms with Crippen molar-refractivity contribution in [3.63, 3.8) is 0 Å². The number of benzene rings is 5. The normalized spacial score (nSPS) is 24.3. The molecule has 9 rings (SSSR count). The fraction of sp³-hybridized carbons (Fsp3) is 0.295. The number of ether oxygens (including phenoxy) is 1. The van der Waals surface area contributed by atoms with Gasteiger partial charge >= 0.3 is 0 Å². The number of aliphatic hydroxyl groups excluding tert-OH is 1. The molecule has 8 nitrogen and oxygen atoms in total. The van der Waals surface area contributed by atoms with Crippen molar-refractivity contribution in [3.8, 4) is 0 Å². The zero-order valence-electron chi connectivity index (χ0n) is 30.8. The van der Waals surface area contributed by atoms with E-state index in [2.05, 4.69) is 15.9 Å². The number of amides is 3. The molecular formula is C44H41BrFN3O5Si. The molecule has 3 amide bonds. The summed E-state index contributed by atoms with van der Waals surface area (Å²) in [6.07, 6.45) is -0.404. The molecule has 4 heterocycles. The summed E-state index contributed by atoms with van der Waals surface area (Å²) in [5.41, 5.74) is 4.40. The van der Waals surface area contributed by atoms with Crippen LogP contribution < -0.4 is 9.80 Å². The molecule has 0 unspecified atom stereocenters. The molecule has 1 spiro atoms. The van der Waals surface area contributed by atoms with Crippen LogP contribution in [-0.2, 0) is 39.4 Å². The number of rotatable bonds is 7. The first-order valence-corrected chi connectivity index (χ1v) is 22.6. The molecule has 11 heteroatoms. The smallest absolute Gasteiger partial charge is 0.264 e. The molecule has 4 aliphatic rings. The van der Waals surface area contributed by atoms with Crippen LogP contribution in [0.25, 0.3) is 10.8 Å². The summed E-state index contributed by atoms with van der Waals surface area (Å²) < 4.78 is 24.2. The van der Waals surface area contributed by atoms with E-state index in [1.54, 1.807) is 27.8 Å². The maximum Gasteiger partial charge on any atom is 0.264 e. The lowest BCUT2D eigenvalue weighted by atomic mass is 9.82. The lowest BCUT2D eigenvalue weighted by Gasteiger charge is -2.37. The second-order valence-corrected chi connectivity index (χ2v) is 20.6. The molecule has 1 saturated heterocycles. The highest BCUT2D eigenvalue weighted by Gasteiger charge is 2.67. The van der Waals surface area contributed by atoms with Crippen molar-refractivity contribution in [1.82, 2.24) is 4.90 Å². The minimum atomic E-state index is -3.53. The number of carbonyl (C=O) groups excluding carboxylic acids is 3. The summed E-state index contributed by atoms with van der Waals surface area (Å²) >= 11 is 3.61.